The van der Waals surface area contributed by atoms with E-state index in [4.69, 9.17) is 11.6 Å². The van der Waals surface area contributed by atoms with E-state index in [-0.39, 0.29) is 5.28 Å². The second-order valence-corrected chi connectivity index (χ2v) is 5.67. The van der Waals surface area contributed by atoms with E-state index in [0.29, 0.717) is 13.1 Å². The monoisotopic (exact) mass is 308 g/mol. The summed E-state index contributed by atoms with van der Waals surface area (Å²) in [6, 6.07) is 2.12. The third-order valence-corrected chi connectivity index (χ3v) is 4.21. The minimum atomic E-state index is 0.269. The summed E-state index contributed by atoms with van der Waals surface area (Å²) in [5, 5.41) is 12.3. The Kier molecular flexibility index (Phi) is 3.79. The minimum absolute atomic E-state index is 0.269. The average molecular weight is 309 g/mol. The van der Waals surface area contributed by atoms with Gasteiger partial charge in [0.2, 0.25) is 5.28 Å². The van der Waals surface area contributed by atoms with E-state index in [1.807, 2.05) is 6.20 Å². The van der Waals surface area contributed by atoms with Crippen molar-refractivity contribution >= 4 is 39.0 Å². The van der Waals surface area contributed by atoms with Crippen LogP contribution < -0.4 is 5.32 Å². The third kappa shape index (κ3) is 2.73. The molecule has 0 radical (unpaired) electrons. The Hall–Kier alpha value is -1.73. The molecule has 20 heavy (non-hydrogen) atoms. The molecule has 3 aromatic rings. The van der Waals surface area contributed by atoms with Crippen LogP contribution in [-0.2, 0) is 13.0 Å². The number of hydrogen-bond donors (Lipinski definition) is 1. The van der Waals surface area contributed by atoms with Crippen LogP contribution in [0.1, 0.15) is 11.8 Å². The molecule has 0 aliphatic heterocycles. The molecule has 0 bridgehead atoms. The van der Waals surface area contributed by atoms with Gasteiger partial charge in [-0.2, -0.15) is 0 Å². The SMILES string of the molecule is CCc1cc2c(NCCn3ccnn3)nc(Cl)nc2s1. The lowest BCUT2D eigenvalue weighted by Gasteiger charge is -2.06. The maximum atomic E-state index is 5.97. The summed E-state index contributed by atoms with van der Waals surface area (Å²) in [4.78, 5) is 10.7. The van der Waals surface area contributed by atoms with Gasteiger partial charge in [-0.05, 0) is 24.1 Å². The summed E-state index contributed by atoms with van der Waals surface area (Å²) in [5.74, 6) is 0.774. The van der Waals surface area contributed by atoms with E-state index >= 15 is 0 Å². The predicted molar refractivity (Wildman–Crippen MR) is 80.3 cm³/mol. The predicted octanol–water partition coefficient (Wildman–Crippen LogP) is 2.61. The van der Waals surface area contributed by atoms with E-state index in [1.54, 1.807) is 22.2 Å². The van der Waals surface area contributed by atoms with Gasteiger partial charge in [-0.25, -0.2) is 9.97 Å². The molecule has 6 nitrogen and oxygen atoms in total. The van der Waals surface area contributed by atoms with Crippen LogP contribution in [0.15, 0.2) is 18.5 Å². The second-order valence-electron chi connectivity index (χ2n) is 4.22. The van der Waals surface area contributed by atoms with E-state index in [2.05, 4.69) is 38.6 Å². The molecule has 0 fully saturated rings. The van der Waals surface area contributed by atoms with E-state index in [0.717, 1.165) is 22.5 Å². The molecule has 3 rings (SSSR count). The van der Waals surface area contributed by atoms with Gasteiger partial charge in [0.25, 0.3) is 0 Å². The third-order valence-electron chi connectivity index (χ3n) is 2.87. The standard InChI is InChI=1S/C12H13ClN6S/c1-2-8-7-9-10(16-12(13)17-11(9)20-8)14-3-5-19-6-4-15-18-19/h4,6-7H,2-3,5H2,1H3,(H,14,16,17). The number of halogens is 1. The molecule has 0 amide bonds. The number of aromatic nitrogens is 5. The quantitative estimate of drug-likeness (QED) is 0.734. The van der Waals surface area contributed by atoms with Crippen LogP contribution in [0.2, 0.25) is 5.28 Å². The fourth-order valence-electron chi connectivity index (χ4n) is 1.90. The maximum absolute atomic E-state index is 5.97. The highest BCUT2D eigenvalue weighted by atomic mass is 35.5. The van der Waals surface area contributed by atoms with Crippen molar-refractivity contribution in [3.63, 3.8) is 0 Å². The van der Waals surface area contributed by atoms with Gasteiger partial charge < -0.3 is 5.32 Å². The van der Waals surface area contributed by atoms with Gasteiger partial charge in [0.1, 0.15) is 10.6 Å². The van der Waals surface area contributed by atoms with Crippen molar-refractivity contribution in [2.45, 2.75) is 19.9 Å². The number of hydrogen-bond acceptors (Lipinski definition) is 6. The van der Waals surface area contributed by atoms with Crippen LogP contribution in [-0.4, -0.2) is 31.5 Å². The highest BCUT2D eigenvalue weighted by Gasteiger charge is 2.10. The summed E-state index contributed by atoms with van der Waals surface area (Å²) in [7, 11) is 0. The van der Waals surface area contributed by atoms with Crippen molar-refractivity contribution in [3.05, 3.63) is 28.6 Å². The molecule has 1 N–H and O–H groups in total. The van der Waals surface area contributed by atoms with Gasteiger partial charge in [0.05, 0.1) is 18.1 Å². The van der Waals surface area contributed by atoms with Crippen LogP contribution in [0.25, 0.3) is 10.2 Å². The summed E-state index contributed by atoms with van der Waals surface area (Å²) >= 11 is 7.63. The molecular weight excluding hydrogens is 296 g/mol. The number of nitrogens with one attached hydrogen (secondary N) is 1. The minimum Gasteiger partial charge on any atom is -0.368 e. The van der Waals surface area contributed by atoms with E-state index in [9.17, 15) is 0 Å². The Morgan fingerprint density at radius 2 is 2.30 bits per heavy atom. The molecule has 0 saturated heterocycles. The highest BCUT2D eigenvalue weighted by molar-refractivity contribution is 7.18. The molecule has 0 atom stereocenters. The summed E-state index contributed by atoms with van der Waals surface area (Å²) in [6.45, 7) is 3.54. The molecule has 0 aliphatic rings. The summed E-state index contributed by atoms with van der Waals surface area (Å²) < 4.78 is 1.76. The topological polar surface area (TPSA) is 68.5 Å². The van der Waals surface area contributed by atoms with Gasteiger partial charge in [-0.1, -0.05) is 12.1 Å². The van der Waals surface area contributed by atoms with Crippen LogP contribution >= 0.6 is 22.9 Å². The fourth-order valence-corrected chi connectivity index (χ4v) is 3.08. The molecule has 0 saturated carbocycles. The Bertz CT molecular complexity index is 708. The van der Waals surface area contributed by atoms with Crippen LogP contribution in [0.3, 0.4) is 0 Å². The van der Waals surface area contributed by atoms with Crippen molar-refractivity contribution in [1.82, 2.24) is 25.0 Å². The lowest BCUT2D eigenvalue weighted by molar-refractivity contribution is 0.608. The second kappa shape index (κ2) is 5.72. The van der Waals surface area contributed by atoms with Crippen molar-refractivity contribution in [1.29, 1.82) is 0 Å². The number of thiophene rings is 1. The van der Waals surface area contributed by atoms with Gasteiger partial charge in [-0.3, -0.25) is 4.68 Å². The zero-order valence-electron chi connectivity index (χ0n) is 10.9. The van der Waals surface area contributed by atoms with Gasteiger partial charge >= 0.3 is 0 Å². The zero-order chi connectivity index (χ0) is 13.9. The first-order valence-corrected chi connectivity index (χ1v) is 7.49. The lowest BCUT2D eigenvalue weighted by atomic mass is 10.3. The number of aryl methyl sites for hydroxylation is 1. The first kappa shape index (κ1) is 13.3. The number of nitrogens with zero attached hydrogens (tertiary/aromatic N) is 5. The molecule has 0 aromatic carbocycles. The summed E-state index contributed by atoms with van der Waals surface area (Å²) in [5.41, 5.74) is 0. The normalized spacial score (nSPS) is 11.1. The largest absolute Gasteiger partial charge is 0.368 e. The Labute approximate surface area is 124 Å². The Morgan fingerprint density at radius 3 is 3.05 bits per heavy atom. The average Bonchev–Trinajstić information content (AvgIpc) is 3.06. The number of rotatable bonds is 5. The molecule has 0 unspecified atom stereocenters. The molecule has 0 spiro atoms. The Morgan fingerprint density at radius 1 is 1.40 bits per heavy atom. The van der Waals surface area contributed by atoms with Crippen molar-refractivity contribution in [3.8, 4) is 0 Å². The van der Waals surface area contributed by atoms with Gasteiger partial charge in [0.15, 0.2) is 0 Å². The number of anilines is 1. The van der Waals surface area contributed by atoms with E-state index in [1.165, 1.54) is 4.88 Å². The zero-order valence-corrected chi connectivity index (χ0v) is 12.4. The maximum Gasteiger partial charge on any atom is 0.225 e. The number of fused-ring (bicyclic) bond motifs is 1. The molecular formula is C12H13ClN6S. The van der Waals surface area contributed by atoms with Gasteiger partial charge in [0, 0.05) is 17.6 Å². The van der Waals surface area contributed by atoms with E-state index < -0.39 is 0 Å². The van der Waals surface area contributed by atoms with Crippen molar-refractivity contribution in [2.75, 3.05) is 11.9 Å². The van der Waals surface area contributed by atoms with Gasteiger partial charge in [-0.15, -0.1) is 16.4 Å². The van der Waals surface area contributed by atoms with Crippen LogP contribution in [0.4, 0.5) is 5.82 Å². The van der Waals surface area contributed by atoms with Crippen LogP contribution in [0, 0.1) is 0 Å². The molecule has 8 heteroatoms. The molecule has 104 valence electrons. The lowest BCUT2D eigenvalue weighted by Crippen LogP contribution is -2.12. The van der Waals surface area contributed by atoms with Crippen LogP contribution in [0.5, 0.6) is 0 Å². The Balaban J connectivity index is 1.80. The first-order chi connectivity index (χ1) is 9.76. The van der Waals surface area contributed by atoms with Crippen molar-refractivity contribution < 1.29 is 0 Å². The molecule has 3 heterocycles. The summed E-state index contributed by atoms with van der Waals surface area (Å²) in [6.07, 6.45) is 4.47. The molecule has 0 aliphatic carbocycles. The molecule has 3 aromatic heterocycles. The fraction of sp³-hybridized carbons (Fsp3) is 0.333. The smallest absolute Gasteiger partial charge is 0.225 e. The highest BCUT2D eigenvalue weighted by Crippen LogP contribution is 2.30. The van der Waals surface area contributed by atoms with Crippen molar-refractivity contribution in [2.24, 2.45) is 0 Å². The first-order valence-electron chi connectivity index (χ1n) is 6.30.